The Balaban J connectivity index is 2.05. The van der Waals surface area contributed by atoms with Crippen LogP contribution >= 0.6 is 0 Å². The van der Waals surface area contributed by atoms with Crippen molar-refractivity contribution in [3.05, 3.63) is 29.6 Å². The van der Waals surface area contributed by atoms with Crippen molar-refractivity contribution in [2.24, 2.45) is 11.7 Å². The Kier molecular flexibility index (Phi) is 4.50. The van der Waals surface area contributed by atoms with Crippen molar-refractivity contribution in [2.75, 3.05) is 19.8 Å². The molecule has 0 spiro atoms. The maximum Gasteiger partial charge on any atom is 0.230 e. The first-order chi connectivity index (χ1) is 9.11. The highest BCUT2D eigenvalue weighted by molar-refractivity contribution is 5.80. The van der Waals surface area contributed by atoms with E-state index in [1.165, 1.54) is 0 Å². The molecule has 0 aromatic carbocycles. The second-order valence-corrected chi connectivity index (χ2v) is 4.93. The van der Waals surface area contributed by atoms with Crippen LogP contribution in [0.3, 0.4) is 0 Å². The van der Waals surface area contributed by atoms with Crippen molar-refractivity contribution in [3.8, 4) is 0 Å². The minimum absolute atomic E-state index is 0.0656. The van der Waals surface area contributed by atoms with E-state index in [4.69, 9.17) is 10.5 Å². The third-order valence-corrected chi connectivity index (χ3v) is 3.43. The Bertz CT molecular complexity index is 450. The summed E-state index contributed by atoms with van der Waals surface area (Å²) < 4.78 is 5.27. The summed E-state index contributed by atoms with van der Waals surface area (Å²) in [5.41, 5.74) is 7.77. The number of ether oxygens (including phenoxy) is 1. The third kappa shape index (κ3) is 3.30. The van der Waals surface area contributed by atoms with Gasteiger partial charge in [0.25, 0.3) is 0 Å². The summed E-state index contributed by atoms with van der Waals surface area (Å²) in [6, 6.07) is 5.66. The van der Waals surface area contributed by atoms with Gasteiger partial charge < -0.3 is 15.4 Å². The van der Waals surface area contributed by atoms with Crippen LogP contribution in [0.1, 0.15) is 18.3 Å². The Morgan fingerprint density at radius 3 is 2.89 bits per heavy atom. The summed E-state index contributed by atoms with van der Waals surface area (Å²) in [5, 5.41) is 0. The Labute approximate surface area is 113 Å². The van der Waals surface area contributed by atoms with Crippen molar-refractivity contribution in [2.45, 2.75) is 26.4 Å². The molecule has 1 saturated heterocycles. The predicted octanol–water partition coefficient (Wildman–Crippen LogP) is 0.712. The van der Waals surface area contributed by atoms with Gasteiger partial charge in [0.2, 0.25) is 5.91 Å². The molecular formula is C14H21N3O2. The number of nitrogens with zero attached hydrogens (tertiary/aromatic N) is 2. The zero-order chi connectivity index (χ0) is 13.8. The van der Waals surface area contributed by atoms with Gasteiger partial charge in [0.1, 0.15) is 0 Å². The summed E-state index contributed by atoms with van der Waals surface area (Å²) in [6.07, 6.45) is 0. The minimum Gasteiger partial charge on any atom is -0.379 e. The number of pyridine rings is 1. The zero-order valence-corrected chi connectivity index (χ0v) is 11.5. The van der Waals surface area contributed by atoms with E-state index < -0.39 is 0 Å². The molecule has 0 bridgehead atoms. The Morgan fingerprint density at radius 2 is 2.32 bits per heavy atom. The van der Waals surface area contributed by atoms with Crippen LogP contribution in [0.5, 0.6) is 0 Å². The maximum atomic E-state index is 12.4. The van der Waals surface area contributed by atoms with Gasteiger partial charge in [-0.1, -0.05) is 6.07 Å². The summed E-state index contributed by atoms with van der Waals surface area (Å²) in [4.78, 5) is 18.6. The monoisotopic (exact) mass is 263 g/mol. The number of aromatic nitrogens is 1. The van der Waals surface area contributed by atoms with Crippen LogP contribution in [0.15, 0.2) is 18.2 Å². The first-order valence-electron chi connectivity index (χ1n) is 6.66. The molecular weight excluding hydrogens is 242 g/mol. The van der Waals surface area contributed by atoms with Gasteiger partial charge in [-0.05, 0) is 26.0 Å². The molecule has 2 N–H and O–H groups in total. The summed E-state index contributed by atoms with van der Waals surface area (Å²) in [5.74, 6) is -0.152. The van der Waals surface area contributed by atoms with Crippen molar-refractivity contribution < 1.29 is 9.53 Å². The van der Waals surface area contributed by atoms with Crippen LogP contribution in [-0.4, -0.2) is 41.6 Å². The lowest BCUT2D eigenvalue weighted by atomic mass is 10.0. The van der Waals surface area contributed by atoms with E-state index in [1.54, 1.807) is 4.90 Å². The number of carbonyl (C=O) groups excluding carboxylic acids is 1. The molecule has 5 nitrogen and oxygen atoms in total. The topological polar surface area (TPSA) is 68.5 Å². The van der Waals surface area contributed by atoms with E-state index in [0.29, 0.717) is 26.3 Å². The molecule has 5 heteroatoms. The normalized spacial score (nSPS) is 22.5. The van der Waals surface area contributed by atoms with Crippen molar-refractivity contribution >= 4 is 5.91 Å². The molecule has 2 heterocycles. The molecule has 0 saturated carbocycles. The number of hydrogen-bond donors (Lipinski definition) is 1. The van der Waals surface area contributed by atoms with Crippen LogP contribution < -0.4 is 5.73 Å². The molecule has 1 fully saturated rings. The highest BCUT2D eigenvalue weighted by atomic mass is 16.5. The van der Waals surface area contributed by atoms with E-state index in [1.807, 2.05) is 32.0 Å². The highest BCUT2D eigenvalue weighted by Gasteiger charge is 2.33. The third-order valence-electron chi connectivity index (χ3n) is 3.43. The second-order valence-electron chi connectivity index (χ2n) is 4.93. The molecule has 0 aliphatic carbocycles. The van der Waals surface area contributed by atoms with Crippen LogP contribution in [0.4, 0.5) is 0 Å². The summed E-state index contributed by atoms with van der Waals surface area (Å²) >= 11 is 0. The molecule has 1 aromatic rings. The quantitative estimate of drug-likeness (QED) is 0.868. The molecule has 2 unspecified atom stereocenters. The fourth-order valence-electron chi connectivity index (χ4n) is 2.29. The van der Waals surface area contributed by atoms with Gasteiger partial charge in [-0.25, -0.2) is 0 Å². The molecule has 2 atom stereocenters. The van der Waals surface area contributed by atoms with Gasteiger partial charge in [-0.3, -0.25) is 9.78 Å². The van der Waals surface area contributed by atoms with Crippen LogP contribution in [-0.2, 0) is 16.1 Å². The van der Waals surface area contributed by atoms with E-state index in [2.05, 4.69) is 4.98 Å². The molecule has 1 aliphatic heterocycles. The van der Waals surface area contributed by atoms with Gasteiger partial charge in [0.05, 0.1) is 31.4 Å². The van der Waals surface area contributed by atoms with Crippen molar-refractivity contribution in [1.82, 2.24) is 9.88 Å². The number of carbonyl (C=O) groups is 1. The van der Waals surface area contributed by atoms with E-state index >= 15 is 0 Å². The van der Waals surface area contributed by atoms with Gasteiger partial charge in [0, 0.05) is 18.3 Å². The molecule has 1 aliphatic rings. The molecule has 1 amide bonds. The van der Waals surface area contributed by atoms with Crippen molar-refractivity contribution in [3.63, 3.8) is 0 Å². The summed E-state index contributed by atoms with van der Waals surface area (Å²) in [6.45, 7) is 5.99. The average molecular weight is 263 g/mol. The van der Waals surface area contributed by atoms with Crippen LogP contribution in [0, 0.1) is 12.8 Å². The number of aryl methyl sites for hydroxylation is 1. The molecule has 2 rings (SSSR count). The highest BCUT2D eigenvalue weighted by Crippen LogP contribution is 2.16. The van der Waals surface area contributed by atoms with Gasteiger partial charge in [-0.15, -0.1) is 0 Å². The Hall–Kier alpha value is -1.46. The number of amides is 1. The maximum absolute atomic E-state index is 12.4. The van der Waals surface area contributed by atoms with E-state index in [9.17, 15) is 4.79 Å². The first-order valence-corrected chi connectivity index (χ1v) is 6.66. The van der Waals surface area contributed by atoms with Crippen molar-refractivity contribution in [1.29, 1.82) is 0 Å². The zero-order valence-electron chi connectivity index (χ0n) is 11.5. The first kappa shape index (κ1) is 14.0. The molecule has 1 aromatic heterocycles. The van der Waals surface area contributed by atoms with Gasteiger partial charge >= 0.3 is 0 Å². The minimum atomic E-state index is -0.218. The fraction of sp³-hybridized carbons (Fsp3) is 0.571. The largest absolute Gasteiger partial charge is 0.379 e. The van der Waals surface area contributed by atoms with E-state index in [-0.39, 0.29) is 17.9 Å². The second kappa shape index (κ2) is 6.12. The smallest absolute Gasteiger partial charge is 0.230 e. The number of nitrogens with two attached hydrogens (primary N) is 1. The number of rotatable bonds is 4. The fourth-order valence-corrected chi connectivity index (χ4v) is 2.29. The SMILES string of the molecule is CCN(Cc1cccc(C)n1)C(=O)C1COCC1N. The van der Waals surface area contributed by atoms with Gasteiger partial charge in [-0.2, -0.15) is 0 Å². The molecule has 104 valence electrons. The molecule has 19 heavy (non-hydrogen) atoms. The lowest BCUT2D eigenvalue weighted by Crippen LogP contribution is -2.43. The Morgan fingerprint density at radius 1 is 1.53 bits per heavy atom. The lowest BCUT2D eigenvalue weighted by Gasteiger charge is -2.25. The predicted molar refractivity (Wildman–Crippen MR) is 72.3 cm³/mol. The average Bonchev–Trinajstić information content (AvgIpc) is 2.81. The van der Waals surface area contributed by atoms with Crippen LogP contribution in [0.2, 0.25) is 0 Å². The number of hydrogen-bond acceptors (Lipinski definition) is 4. The lowest BCUT2D eigenvalue weighted by molar-refractivity contribution is -0.136. The summed E-state index contributed by atoms with van der Waals surface area (Å²) in [7, 11) is 0. The standard InChI is InChI=1S/C14H21N3O2/c1-3-17(7-11-6-4-5-10(2)16-11)14(18)12-8-19-9-13(12)15/h4-6,12-13H,3,7-9,15H2,1-2H3. The van der Waals surface area contributed by atoms with Gasteiger partial charge in [0.15, 0.2) is 0 Å². The van der Waals surface area contributed by atoms with Crippen LogP contribution in [0.25, 0.3) is 0 Å². The molecule has 0 radical (unpaired) electrons. The van der Waals surface area contributed by atoms with E-state index in [0.717, 1.165) is 11.4 Å².